The molecule has 0 amide bonds. The minimum atomic E-state index is -5.31. The lowest BCUT2D eigenvalue weighted by Crippen LogP contribution is -2.33. The number of anilines is 1. The largest absolute Gasteiger partial charge is 0.481 e. The molecular weight excluding hydrogens is 508 g/mol. The average Bonchev–Trinajstić information content (AvgIpc) is 3.31. The van der Waals surface area contributed by atoms with Crippen LogP contribution in [-0.4, -0.2) is 99.8 Å². The zero-order chi connectivity index (χ0) is 25.3. The predicted octanol–water partition coefficient (Wildman–Crippen LogP) is -2.80. The minimum Gasteiger partial charge on any atom is -0.388 e. The fourth-order valence-electron chi connectivity index (χ4n) is 2.86. The number of fused-ring (bicyclic) bond motifs is 1. The molecule has 0 aliphatic carbocycles. The Labute approximate surface area is 189 Å². The van der Waals surface area contributed by atoms with E-state index < -0.39 is 65.6 Å². The molecule has 34 heavy (non-hydrogen) atoms. The van der Waals surface area contributed by atoms with Crippen molar-refractivity contribution in [2.45, 2.75) is 36.7 Å². The second-order valence-corrected chi connectivity index (χ2v) is 9.98. The van der Waals surface area contributed by atoms with Gasteiger partial charge in [0.05, 0.1) is 19.5 Å². The monoisotopic (exact) mass is 529 g/mol. The number of carbonyl (C=O) groups is 1. The molecule has 0 saturated carbocycles. The van der Waals surface area contributed by atoms with E-state index in [4.69, 9.17) is 15.6 Å². The molecule has 1 aliphatic heterocycles. The number of imidazole rings is 1. The molecule has 0 aromatic carbocycles. The number of phosphoric acid groups is 2. The van der Waals surface area contributed by atoms with E-state index in [0.717, 1.165) is 6.33 Å². The number of aliphatic hydroxyl groups is 4. The van der Waals surface area contributed by atoms with Crippen molar-refractivity contribution < 1.29 is 62.2 Å². The van der Waals surface area contributed by atoms with Gasteiger partial charge in [-0.3, -0.25) is 13.6 Å². The Morgan fingerprint density at radius 2 is 1.82 bits per heavy atom. The summed E-state index contributed by atoms with van der Waals surface area (Å²) >= 11 is 0. The maximum absolute atomic E-state index is 12.0. The molecule has 190 valence electrons. The summed E-state index contributed by atoms with van der Waals surface area (Å²) in [5.74, 6) is 0.0545. The highest BCUT2D eigenvalue weighted by Crippen LogP contribution is 2.60. The summed E-state index contributed by atoms with van der Waals surface area (Å²) in [5.41, 5.74) is 6.06. The Morgan fingerprint density at radius 1 is 1.15 bits per heavy atom. The number of hydrogen-bond acceptors (Lipinski definition) is 15. The Balaban J connectivity index is 1.61. The van der Waals surface area contributed by atoms with E-state index in [2.05, 4.69) is 28.3 Å². The van der Waals surface area contributed by atoms with Crippen molar-refractivity contribution in [3.63, 3.8) is 0 Å². The predicted molar refractivity (Wildman–Crippen MR) is 106 cm³/mol. The molecule has 20 heteroatoms. The fraction of sp³-hybridized carbons (Fsp3) is 0.571. The number of nitrogens with zero attached hydrogens (tertiary/aromatic N) is 4. The van der Waals surface area contributed by atoms with Gasteiger partial charge in [-0.1, -0.05) is 0 Å². The number of aromatic nitrogens is 4. The van der Waals surface area contributed by atoms with Crippen LogP contribution in [0.4, 0.5) is 5.82 Å². The summed E-state index contributed by atoms with van der Waals surface area (Å²) in [7, 11) is -10.6. The zero-order valence-corrected chi connectivity index (χ0v) is 18.7. The molecule has 3 rings (SSSR count). The van der Waals surface area contributed by atoms with E-state index in [1.165, 1.54) is 10.9 Å². The van der Waals surface area contributed by atoms with Crippen LogP contribution in [0.5, 0.6) is 0 Å². The summed E-state index contributed by atoms with van der Waals surface area (Å²) in [4.78, 5) is 41.3. The van der Waals surface area contributed by atoms with Gasteiger partial charge in [-0.25, -0.2) is 24.1 Å². The van der Waals surface area contributed by atoms with Crippen LogP contribution < -0.4 is 5.73 Å². The highest BCUT2D eigenvalue weighted by molar-refractivity contribution is 7.61. The molecule has 2 unspecified atom stereocenters. The molecule has 2 aromatic heterocycles. The van der Waals surface area contributed by atoms with Gasteiger partial charge in [-0.05, 0) is 0 Å². The maximum Gasteiger partial charge on any atom is 0.481 e. The molecule has 2 aromatic rings. The van der Waals surface area contributed by atoms with Crippen LogP contribution in [0.1, 0.15) is 6.23 Å². The molecule has 8 atom stereocenters. The van der Waals surface area contributed by atoms with Gasteiger partial charge < -0.3 is 45.5 Å². The van der Waals surface area contributed by atoms with Crippen molar-refractivity contribution in [2.75, 3.05) is 18.9 Å². The van der Waals surface area contributed by atoms with Gasteiger partial charge in [-0.2, -0.15) is 4.31 Å². The van der Waals surface area contributed by atoms with Crippen molar-refractivity contribution in [3.8, 4) is 0 Å². The standard InChI is InChI=1S/C14H21N5O13P2/c15-12-9-13(17-4-16-12)19(5-18-9)14-11(24)10(23)8(31-14)3-30-34(27,28)32-33(25,26)29-2-7(22)6(21)1-20/h1,4-8,10-11,14,21-24H,2-3H2,(H,25,26)(H,27,28)(H2,15,16,17)/t6-,7+,8+,10+,11+,14+/m0/s1. The summed E-state index contributed by atoms with van der Waals surface area (Å²) in [6.07, 6.45) is -7.45. The molecule has 0 bridgehead atoms. The molecule has 3 heterocycles. The van der Waals surface area contributed by atoms with Crippen molar-refractivity contribution in [1.29, 1.82) is 0 Å². The second kappa shape index (κ2) is 10.4. The van der Waals surface area contributed by atoms with E-state index in [-0.39, 0.29) is 23.3 Å². The lowest BCUT2D eigenvalue weighted by atomic mass is 10.1. The minimum absolute atomic E-state index is 0.0545. The topological polar surface area (TPSA) is 279 Å². The number of hydrogen-bond donors (Lipinski definition) is 7. The van der Waals surface area contributed by atoms with Crippen LogP contribution >= 0.6 is 15.6 Å². The van der Waals surface area contributed by atoms with Gasteiger partial charge in [0.1, 0.15) is 42.4 Å². The Kier molecular flexibility index (Phi) is 8.14. The third-order valence-corrected chi connectivity index (χ3v) is 7.15. The summed E-state index contributed by atoms with van der Waals surface area (Å²) < 4.78 is 43.3. The molecule has 1 aliphatic rings. The summed E-state index contributed by atoms with van der Waals surface area (Å²) in [5, 5.41) is 38.9. The SMILES string of the molecule is Nc1ncnc2c1ncn2[C@@H]1O[C@H](COP(=O)(O)OP(=O)(O)OC[C@@H](O)[C@@H](O)C=O)[C@@H](O)[C@H]1O. The first-order valence-electron chi connectivity index (χ1n) is 9.27. The quantitative estimate of drug-likeness (QED) is 0.114. The van der Waals surface area contributed by atoms with E-state index in [1.807, 2.05) is 0 Å². The third kappa shape index (κ3) is 6.01. The highest BCUT2D eigenvalue weighted by Gasteiger charge is 2.46. The second-order valence-electron chi connectivity index (χ2n) is 6.93. The highest BCUT2D eigenvalue weighted by atomic mass is 31.3. The molecule has 0 radical (unpaired) electrons. The van der Waals surface area contributed by atoms with Crippen LogP contribution in [0.3, 0.4) is 0 Å². The zero-order valence-electron chi connectivity index (χ0n) is 16.9. The number of aliphatic hydroxyl groups excluding tert-OH is 4. The molecule has 1 fully saturated rings. The number of carbonyl (C=O) groups excluding carboxylic acids is 1. The number of nitrogen functional groups attached to an aromatic ring is 1. The molecule has 8 N–H and O–H groups in total. The van der Waals surface area contributed by atoms with Crippen LogP contribution in [0.2, 0.25) is 0 Å². The van der Waals surface area contributed by atoms with Gasteiger partial charge in [0.25, 0.3) is 0 Å². The smallest absolute Gasteiger partial charge is 0.388 e. The van der Waals surface area contributed by atoms with Crippen molar-refractivity contribution >= 4 is 38.9 Å². The molecule has 18 nitrogen and oxygen atoms in total. The van der Waals surface area contributed by atoms with Gasteiger partial charge >= 0.3 is 15.6 Å². The number of aldehydes is 1. The van der Waals surface area contributed by atoms with Crippen molar-refractivity contribution in [1.82, 2.24) is 19.5 Å². The van der Waals surface area contributed by atoms with E-state index in [1.54, 1.807) is 0 Å². The summed E-state index contributed by atoms with van der Waals surface area (Å²) in [6, 6.07) is 0. The number of ether oxygens (including phenoxy) is 1. The van der Waals surface area contributed by atoms with Crippen LogP contribution in [0.15, 0.2) is 12.7 Å². The average molecular weight is 529 g/mol. The van der Waals surface area contributed by atoms with E-state index in [0.29, 0.717) is 0 Å². The number of rotatable bonds is 11. The van der Waals surface area contributed by atoms with Crippen LogP contribution in [0.25, 0.3) is 11.2 Å². The Bertz CT molecular complexity index is 1120. The van der Waals surface area contributed by atoms with Crippen molar-refractivity contribution in [2.24, 2.45) is 0 Å². The van der Waals surface area contributed by atoms with Gasteiger partial charge in [-0.15, -0.1) is 0 Å². The number of phosphoric ester groups is 2. The lowest BCUT2D eigenvalue weighted by molar-refractivity contribution is -0.121. The fourth-order valence-corrected chi connectivity index (χ4v) is 4.95. The van der Waals surface area contributed by atoms with Crippen molar-refractivity contribution in [3.05, 3.63) is 12.7 Å². The normalized spacial score (nSPS) is 28.3. The van der Waals surface area contributed by atoms with Gasteiger partial charge in [0, 0.05) is 0 Å². The molecule has 1 saturated heterocycles. The Morgan fingerprint density at radius 3 is 2.50 bits per heavy atom. The third-order valence-electron chi connectivity index (χ3n) is 4.55. The summed E-state index contributed by atoms with van der Waals surface area (Å²) in [6.45, 7) is -1.99. The number of nitrogens with two attached hydrogens (primary N) is 1. The van der Waals surface area contributed by atoms with E-state index >= 15 is 0 Å². The molecular formula is C14H21N5O13P2. The lowest BCUT2D eigenvalue weighted by Gasteiger charge is -2.20. The van der Waals surface area contributed by atoms with E-state index in [9.17, 15) is 39.0 Å². The van der Waals surface area contributed by atoms with Crippen LogP contribution in [0, 0.1) is 0 Å². The first-order chi connectivity index (χ1) is 15.8. The molecule has 0 spiro atoms. The van der Waals surface area contributed by atoms with Gasteiger partial charge in [0.2, 0.25) is 0 Å². The first kappa shape index (κ1) is 26.7. The first-order valence-corrected chi connectivity index (χ1v) is 12.3. The Hall–Kier alpha value is -1.92. The maximum atomic E-state index is 12.0. The van der Waals surface area contributed by atoms with Gasteiger partial charge in [0.15, 0.2) is 24.0 Å². The van der Waals surface area contributed by atoms with Crippen LogP contribution in [-0.2, 0) is 32.0 Å².